The fraction of sp³-hybridized carbons (Fsp3) is 0.590. The predicted octanol–water partition coefficient (Wildman–Crippen LogP) is 2.78. The van der Waals surface area contributed by atoms with Crippen molar-refractivity contribution in [1.29, 1.82) is 0 Å². The molecule has 14 nitrogen and oxygen atoms in total. The molecule has 2 saturated carbocycles. The molecule has 5 amide bonds. The summed E-state index contributed by atoms with van der Waals surface area (Å²) in [6.45, 7) is 6.47. The average Bonchev–Trinajstić information content (AvgIpc) is 3.14. The van der Waals surface area contributed by atoms with Crippen LogP contribution in [-0.2, 0) is 30.5 Å². The lowest BCUT2D eigenvalue weighted by Gasteiger charge is -2.44. The van der Waals surface area contributed by atoms with Crippen LogP contribution in [0.15, 0.2) is 42.9 Å². The third-order valence-electron chi connectivity index (χ3n) is 11.0. The number of ketones is 1. The van der Waals surface area contributed by atoms with Gasteiger partial charge in [-0.05, 0) is 54.2 Å². The van der Waals surface area contributed by atoms with E-state index < -0.39 is 59.0 Å². The Kier molecular flexibility index (Phi) is 13.8. The van der Waals surface area contributed by atoms with Crippen LogP contribution in [0.3, 0.4) is 0 Å². The van der Waals surface area contributed by atoms with Gasteiger partial charge in [0.1, 0.15) is 23.8 Å². The van der Waals surface area contributed by atoms with E-state index in [0.29, 0.717) is 24.5 Å². The number of aromatic nitrogens is 2. The molecule has 0 radical (unpaired) electrons. The summed E-state index contributed by atoms with van der Waals surface area (Å²) in [7, 11) is 0. The van der Waals surface area contributed by atoms with Gasteiger partial charge >= 0.3 is 0 Å². The van der Waals surface area contributed by atoms with Crippen LogP contribution in [0, 0.1) is 17.3 Å². The molecule has 1 saturated heterocycles. The molecule has 292 valence electrons. The van der Waals surface area contributed by atoms with Gasteiger partial charge in [0.2, 0.25) is 23.5 Å². The lowest BCUT2D eigenvalue weighted by atomic mass is 9.80. The average molecular weight is 765 g/mol. The highest BCUT2D eigenvalue weighted by atomic mass is 35.5. The summed E-state index contributed by atoms with van der Waals surface area (Å²) in [4.78, 5) is 92.5. The van der Waals surface area contributed by atoms with Gasteiger partial charge in [0.15, 0.2) is 0 Å². The molecule has 2 heterocycles. The molecule has 15 heteroatoms. The van der Waals surface area contributed by atoms with Crippen molar-refractivity contribution >= 4 is 46.9 Å². The second kappa shape index (κ2) is 18.3. The van der Waals surface area contributed by atoms with Crippen molar-refractivity contribution in [2.45, 2.75) is 109 Å². The van der Waals surface area contributed by atoms with E-state index in [1.54, 1.807) is 17.0 Å². The molecular weight excluding hydrogens is 712 g/mol. The van der Waals surface area contributed by atoms with Gasteiger partial charge in [-0.2, -0.15) is 0 Å². The van der Waals surface area contributed by atoms with Crippen molar-refractivity contribution in [2.24, 2.45) is 23.0 Å². The molecule has 1 unspecified atom stereocenters. The van der Waals surface area contributed by atoms with Crippen LogP contribution in [0.1, 0.15) is 94.6 Å². The maximum absolute atomic E-state index is 14.5. The number of primary amides is 1. The van der Waals surface area contributed by atoms with Gasteiger partial charge in [-0.15, -0.1) is 0 Å². The van der Waals surface area contributed by atoms with Crippen molar-refractivity contribution in [3.63, 3.8) is 0 Å². The summed E-state index contributed by atoms with van der Waals surface area (Å²) in [6, 6.07) is 3.39. The zero-order valence-corrected chi connectivity index (χ0v) is 32.1. The maximum Gasteiger partial charge on any atom is 0.287 e. The fourth-order valence-corrected chi connectivity index (χ4v) is 7.70. The number of carbonyl (C=O) groups excluding carboxylic acids is 6. The number of hydrogen-bond donors (Lipinski definition) is 4. The summed E-state index contributed by atoms with van der Waals surface area (Å²) in [6.07, 6.45) is 11.7. The lowest BCUT2D eigenvalue weighted by Crippen LogP contribution is -2.65. The highest BCUT2D eigenvalue weighted by Crippen LogP contribution is 2.31. The van der Waals surface area contributed by atoms with Crippen molar-refractivity contribution in [1.82, 2.24) is 35.7 Å². The number of hydrogen-bond acceptors (Lipinski definition) is 9. The fourth-order valence-electron chi connectivity index (χ4n) is 7.58. The molecule has 54 heavy (non-hydrogen) atoms. The minimum atomic E-state index is -1.11. The number of piperazine rings is 1. The molecule has 5 N–H and O–H groups in total. The number of nitrogens with one attached hydrogen (secondary N) is 3. The van der Waals surface area contributed by atoms with Gasteiger partial charge in [-0.3, -0.25) is 38.7 Å². The van der Waals surface area contributed by atoms with E-state index in [1.165, 1.54) is 18.6 Å². The molecule has 5 rings (SSSR count). The first-order chi connectivity index (χ1) is 25.7. The van der Waals surface area contributed by atoms with Crippen LogP contribution < -0.4 is 21.7 Å². The van der Waals surface area contributed by atoms with Crippen molar-refractivity contribution in [3.8, 4) is 0 Å². The number of nitrogens with zero attached hydrogens (tertiary/aromatic N) is 4. The van der Waals surface area contributed by atoms with Crippen LogP contribution in [0.2, 0.25) is 5.02 Å². The SMILES string of the molecule is CC(C)(C)[C@H](NC(=O)[C@@H](NC(=O)c1cnccn1)C1CCCCC1)C(=O)N1CCN(Cc2ccc(Cl)cc2)[C@@H](C(=O)NC(CC2CCC2)C(=O)C(N)=O)C1. The summed E-state index contributed by atoms with van der Waals surface area (Å²) >= 11 is 6.13. The number of nitrogens with two attached hydrogens (primary N) is 1. The molecule has 2 aliphatic carbocycles. The Morgan fingerprint density at radius 3 is 2.20 bits per heavy atom. The predicted molar refractivity (Wildman–Crippen MR) is 202 cm³/mol. The quantitative estimate of drug-likeness (QED) is 0.209. The van der Waals surface area contributed by atoms with Crippen molar-refractivity contribution in [3.05, 3.63) is 59.1 Å². The standard InChI is InChI=1S/C39H53ClN8O6/c1-39(2,3)33(46-37(53)31(26-10-5-4-6-11-26)45-35(51)29-21-42-16-17-43-29)38(54)48-19-18-47(22-25-12-14-27(40)15-13-25)30(23-48)36(52)44-28(32(49)34(41)50)20-24-8-7-9-24/h12-17,21,24,26,28,30-31,33H,4-11,18-20,22-23H2,1-3H3,(H2,41,50)(H,44,52)(H,45,51)(H,46,53)/t28?,30-,31+,33-/m1/s1. The number of amides is 5. The molecule has 1 aromatic heterocycles. The smallest absolute Gasteiger partial charge is 0.287 e. The van der Waals surface area contributed by atoms with Crippen molar-refractivity contribution < 1.29 is 28.8 Å². The van der Waals surface area contributed by atoms with Gasteiger partial charge in [0, 0.05) is 43.6 Å². The summed E-state index contributed by atoms with van der Waals surface area (Å²) < 4.78 is 0. The van der Waals surface area contributed by atoms with E-state index in [-0.39, 0.29) is 36.5 Å². The zero-order valence-electron chi connectivity index (χ0n) is 31.4. The Morgan fingerprint density at radius 2 is 1.61 bits per heavy atom. The van der Waals surface area contributed by atoms with Gasteiger partial charge in [0.25, 0.3) is 11.8 Å². The largest absolute Gasteiger partial charge is 0.363 e. The Morgan fingerprint density at radius 1 is 0.907 bits per heavy atom. The second-order valence-electron chi connectivity index (χ2n) is 16.0. The molecule has 2 aromatic rings. The van der Waals surface area contributed by atoms with Gasteiger partial charge in [-0.1, -0.05) is 83.0 Å². The Balaban J connectivity index is 1.37. The highest BCUT2D eigenvalue weighted by molar-refractivity contribution is 6.37. The molecule has 1 aromatic carbocycles. The summed E-state index contributed by atoms with van der Waals surface area (Å²) in [5.41, 5.74) is 5.62. The lowest BCUT2D eigenvalue weighted by molar-refractivity contribution is -0.145. The van der Waals surface area contributed by atoms with E-state index in [1.807, 2.05) is 37.8 Å². The molecule has 0 spiro atoms. The van der Waals surface area contributed by atoms with Crippen LogP contribution in [-0.4, -0.2) is 98.9 Å². The van der Waals surface area contributed by atoms with Crippen LogP contribution in [0.5, 0.6) is 0 Å². The maximum atomic E-state index is 14.5. The number of halogens is 1. The van der Waals surface area contributed by atoms with E-state index in [9.17, 15) is 28.8 Å². The van der Waals surface area contributed by atoms with E-state index in [4.69, 9.17) is 17.3 Å². The Labute approximate surface area is 321 Å². The summed E-state index contributed by atoms with van der Waals surface area (Å²) in [5.74, 6) is -3.75. The molecule has 3 fully saturated rings. The first kappa shape index (κ1) is 40.7. The Hall–Kier alpha value is -4.43. The Bertz CT molecular complexity index is 1660. The van der Waals surface area contributed by atoms with Crippen LogP contribution in [0.25, 0.3) is 0 Å². The van der Waals surface area contributed by atoms with E-state index in [2.05, 4.69) is 25.9 Å². The topological polar surface area (TPSA) is 197 Å². The van der Waals surface area contributed by atoms with Crippen LogP contribution in [0.4, 0.5) is 0 Å². The number of rotatable bonds is 14. The third kappa shape index (κ3) is 10.6. The highest BCUT2D eigenvalue weighted by Gasteiger charge is 2.43. The molecule has 3 aliphatic rings. The molecular formula is C39H53ClN8O6. The van der Waals surface area contributed by atoms with Gasteiger partial charge < -0.3 is 26.6 Å². The van der Waals surface area contributed by atoms with Crippen LogP contribution >= 0.6 is 11.6 Å². The molecule has 4 atom stereocenters. The monoisotopic (exact) mass is 764 g/mol. The van der Waals surface area contributed by atoms with Gasteiger partial charge in [-0.25, -0.2) is 4.98 Å². The molecule has 0 bridgehead atoms. The number of Topliss-reactive ketones (excluding diaryl/α,β-unsaturated/α-hetero) is 1. The minimum absolute atomic E-state index is 0.0307. The number of benzene rings is 1. The van der Waals surface area contributed by atoms with E-state index in [0.717, 1.165) is 56.9 Å². The second-order valence-corrected chi connectivity index (χ2v) is 16.4. The first-order valence-electron chi connectivity index (χ1n) is 19.0. The molecule has 1 aliphatic heterocycles. The first-order valence-corrected chi connectivity index (χ1v) is 19.4. The van der Waals surface area contributed by atoms with E-state index >= 15 is 0 Å². The third-order valence-corrected chi connectivity index (χ3v) is 11.2. The minimum Gasteiger partial charge on any atom is -0.363 e. The number of carbonyl (C=O) groups is 6. The zero-order chi connectivity index (χ0) is 39.0. The summed E-state index contributed by atoms with van der Waals surface area (Å²) in [5, 5.41) is 9.27. The van der Waals surface area contributed by atoms with Crippen molar-refractivity contribution in [2.75, 3.05) is 19.6 Å². The van der Waals surface area contributed by atoms with Gasteiger partial charge in [0.05, 0.1) is 12.2 Å². The normalized spacial score (nSPS) is 20.1.